The van der Waals surface area contributed by atoms with Gasteiger partial charge in [-0.15, -0.1) is 0 Å². The van der Waals surface area contributed by atoms with Crippen LogP contribution in [-0.4, -0.2) is 42.8 Å². The van der Waals surface area contributed by atoms with Crippen LogP contribution >= 0.6 is 0 Å². The number of hydrogen-bond acceptors (Lipinski definition) is 6. The molecule has 3 N–H and O–H groups in total. The first-order valence-electron chi connectivity index (χ1n) is 8.26. The number of rotatable bonds is 6. The Morgan fingerprint density at radius 1 is 1.08 bits per heavy atom. The summed E-state index contributed by atoms with van der Waals surface area (Å²) < 4.78 is 16.7. The van der Waals surface area contributed by atoms with Gasteiger partial charge in [0.1, 0.15) is 6.10 Å². The molecule has 2 unspecified atom stereocenters. The molecule has 138 valence electrons. The summed E-state index contributed by atoms with van der Waals surface area (Å²) in [5, 5.41) is 28.8. The number of aromatic hydroxyl groups is 1. The number of aliphatic hydroxyl groups is 2. The Kier molecular flexibility index (Phi) is 5.35. The highest BCUT2D eigenvalue weighted by molar-refractivity contribution is 5.62. The van der Waals surface area contributed by atoms with Crippen molar-refractivity contribution in [2.75, 3.05) is 27.4 Å². The largest absolute Gasteiger partial charge is 0.504 e. The topological polar surface area (TPSA) is 88.4 Å². The molecule has 26 heavy (non-hydrogen) atoms. The molecule has 0 spiro atoms. The highest BCUT2D eigenvalue weighted by atomic mass is 16.5. The fourth-order valence-electron chi connectivity index (χ4n) is 3.22. The maximum absolute atomic E-state index is 10.00. The highest BCUT2D eigenvalue weighted by Gasteiger charge is 2.37. The molecule has 0 saturated heterocycles. The Bertz CT molecular complexity index is 814. The van der Waals surface area contributed by atoms with Crippen molar-refractivity contribution in [2.24, 2.45) is 0 Å². The van der Waals surface area contributed by atoms with Gasteiger partial charge >= 0.3 is 0 Å². The third-order valence-electron chi connectivity index (χ3n) is 4.48. The van der Waals surface area contributed by atoms with E-state index in [9.17, 15) is 10.2 Å². The van der Waals surface area contributed by atoms with Crippen LogP contribution in [0.3, 0.4) is 0 Å². The molecule has 6 heteroatoms. The predicted molar refractivity (Wildman–Crippen MR) is 97.0 cm³/mol. The Balaban J connectivity index is 2.04. The first kappa shape index (κ1) is 18.1. The molecule has 2 aromatic carbocycles. The average molecular weight is 358 g/mol. The summed E-state index contributed by atoms with van der Waals surface area (Å²) in [5.41, 5.74) is 2.46. The lowest BCUT2D eigenvalue weighted by molar-refractivity contribution is 0.157. The maximum atomic E-state index is 10.00. The zero-order valence-electron chi connectivity index (χ0n) is 14.7. The molecule has 3 rings (SSSR count). The zero-order chi connectivity index (χ0) is 18.7. The number of aliphatic hydroxyl groups excluding tert-OH is 2. The lowest BCUT2D eigenvalue weighted by Gasteiger charge is -2.18. The van der Waals surface area contributed by atoms with Crippen LogP contribution in [0.25, 0.3) is 6.08 Å². The molecule has 2 aromatic rings. The minimum absolute atomic E-state index is 0.0429. The monoisotopic (exact) mass is 358 g/mol. The second-order valence-electron chi connectivity index (χ2n) is 5.99. The van der Waals surface area contributed by atoms with E-state index in [4.69, 9.17) is 19.3 Å². The van der Waals surface area contributed by atoms with E-state index in [1.165, 1.54) is 7.11 Å². The Morgan fingerprint density at radius 3 is 2.50 bits per heavy atom. The fourth-order valence-corrected chi connectivity index (χ4v) is 3.22. The normalized spacial score (nSPS) is 18.6. The summed E-state index contributed by atoms with van der Waals surface area (Å²) >= 11 is 0. The second kappa shape index (κ2) is 7.68. The van der Waals surface area contributed by atoms with Crippen molar-refractivity contribution < 1.29 is 29.5 Å². The SMILES string of the molecule is COc1cc(C2Oc3c(OC)cc(/C=C/CO)cc3C2CO)ccc1O. The van der Waals surface area contributed by atoms with E-state index >= 15 is 0 Å². The van der Waals surface area contributed by atoms with E-state index in [1.807, 2.05) is 12.1 Å². The number of fused-ring (bicyclic) bond motifs is 1. The van der Waals surface area contributed by atoms with E-state index in [2.05, 4.69) is 0 Å². The van der Waals surface area contributed by atoms with Crippen LogP contribution in [0, 0.1) is 0 Å². The lowest BCUT2D eigenvalue weighted by Crippen LogP contribution is -2.13. The quantitative estimate of drug-likeness (QED) is 0.736. The fraction of sp³-hybridized carbons (Fsp3) is 0.300. The van der Waals surface area contributed by atoms with Gasteiger partial charge < -0.3 is 29.5 Å². The van der Waals surface area contributed by atoms with Crippen LogP contribution in [0.1, 0.15) is 28.7 Å². The van der Waals surface area contributed by atoms with Crippen LogP contribution in [-0.2, 0) is 0 Å². The van der Waals surface area contributed by atoms with Gasteiger partial charge in [0, 0.05) is 5.56 Å². The molecule has 0 aliphatic carbocycles. The summed E-state index contributed by atoms with van der Waals surface area (Å²) in [4.78, 5) is 0. The van der Waals surface area contributed by atoms with Crippen molar-refractivity contribution in [3.8, 4) is 23.0 Å². The minimum atomic E-state index is -0.435. The Labute approximate surface area is 151 Å². The van der Waals surface area contributed by atoms with Gasteiger partial charge in [-0.2, -0.15) is 0 Å². The number of hydrogen-bond donors (Lipinski definition) is 3. The molecule has 6 nitrogen and oxygen atoms in total. The van der Waals surface area contributed by atoms with Crippen LogP contribution in [0.2, 0.25) is 0 Å². The molecule has 0 aromatic heterocycles. The van der Waals surface area contributed by atoms with E-state index in [0.717, 1.165) is 16.7 Å². The summed E-state index contributed by atoms with van der Waals surface area (Å²) in [5.74, 6) is 1.24. The summed E-state index contributed by atoms with van der Waals surface area (Å²) in [7, 11) is 3.04. The third kappa shape index (κ3) is 3.21. The van der Waals surface area contributed by atoms with Crippen LogP contribution < -0.4 is 14.2 Å². The van der Waals surface area contributed by atoms with Gasteiger partial charge in [0.05, 0.1) is 33.4 Å². The van der Waals surface area contributed by atoms with Gasteiger partial charge in [-0.05, 0) is 35.4 Å². The first-order chi connectivity index (χ1) is 12.6. The number of methoxy groups -OCH3 is 2. The standard InChI is InChI=1S/C20H22O6/c1-24-17-10-13(5-6-16(17)23)19-15(11-22)14-8-12(4-3-7-21)9-18(25-2)20(14)26-19/h3-6,8-10,15,19,21-23H,7,11H2,1-2H3/b4-3+. The van der Waals surface area contributed by atoms with Crippen molar-refractivity contribution in [1.82, 2.24) is 0 Å². The molecule has 0 saturated carbocycles. The minimum Gasteiger partial charge on any atom is -0.504 e. The van der Waals surface area contributed by atoms with E-state index in [1.54, 1.807) is 37.5 Å². The molecular formula is C20H22O6. The van der Waals surface area contributed by atoms with Crippen LogP contribution in [0.5, 0.6) is 23.0 Å². The molecule has 0 bridgehead atoms. The average Bonchev–Trinajstić information content (AvgIpc) is 3.04. The smallest absolute Gasteiger partial charge is 0.165 e. The zero-order valence-corrected chi connectivity index (χ0v) is 14.7. The van der Waals surface area contributed by atoms with E-state index < -0.39 is 6.10 Å². The molecule has 1 aliphatic rings. The number of ether oxygens (including phenoxy) is 3. The van der Waals surface area contributed by atoms with Gasteiger partial charge in [-0.25, -0.2) is 0 Å². The summed E-state index contributed by atoms with van der Waals surface area (Å²) in [6.45, 7) is -0.174. The Hall–Kier alpha value is -2.70. The van der Waals surface area contributed by atoms with Crippen molar-refractivity contribution in [3.63, 3.8) is 0 Å². The summed E-state index contributed by atoms with van der Waals surface area (Å²) in [6.07, 6.45) is 2.98. The van der Waals surface area contributed by atoms with Gasteiger partial charge in [-0.3, -0.25) is 0 Å². The molecule has 0 fully saturated rings. The highest BCUT2D eigenvalue weighted by Crippen LogP contribution is 2.51. The van der Waals surface area contributed by atoms with Gasteiger partial charge in [0.15, 0.2) is 23.0 Å². The Morgan fingerprint density at radius 2 is 1.85 bits per heavy atom. The van der Waals surface area contributed by atoms with Crippen molar-refractivity contribution in [3.05, 3.63) is 53.1 Å². The number of phenolic OH excluding ortho intramolecular Hbond substituents is 1. The maximum Gasteiger partial charge on any atom is 0.165 e. The van der Waals surface area contributed by atoms with E-state index in [-0.39, 0.29) is 24.9 Å². The summed E-state index contributed by atoms with van der Waals surface area (Å²) in [6, 6.07) is 8.73. The van der Waals surface area contributed by atoms with Crippen molar-refractivity contribution in [1.29, 1.82) is 0 Å². The predicted octanol–water partition coefficient (Wildman–Crippen LogP) is 2.62. The van der Waals surface area contributed by atoms with E-state index in [0.29, 0.717) is 17.2 Å². The van der Waals surface area contributed by atoms with Gasteiger partial charge in [-0.1, -0.05) is 18.2 Å². The number of benzene rings is 2. The van der Waals surface area contributed by atoms with Crippen molar-refractivity contribution in [2.45, 2.75) is 12.0 Å². The molecule has 2 atom stereocenters. The third-order valence-corrected chi connectivity index (χ3v) is 4.48. The molecule has 0 amide bonds. The lowest BCUT2D eigenvalue weighted by atomic mass is 9.90. The molecule has 1 aliphatic heterocycles. The molecule has 0 radical (unpaired) electrons. The van der Waals surface area contributed by atoms with Crippen LogP contribution in [0.4, 0.5) is 0 Å². The first-order valence-corrected chi connectivity index (χ1v) is 8.26. The second-order valence-corrected chi connectivity index (χ2v) is 5.99. The number of phenols is 1. The van der Waals surface area contributed by atoms with Crippen LogP contribution in [0.15, 0.2) is 36.4 Å². The molecule has 1 heterocycles. The van der Waals surface area contributed by atoms with Gasteiger partial charge in [0.25, 0.3) is 0 Å². The van der Waals surface area contributed by atoms with Gasteiger partial charge in [0.2, 0.25) is 0 Å². The molecular weight excluding hydrogens is 336 g/mol. The van der Waals surface area contributed by atoms with Crippen molar-refractivity contribution >= 4 is 6.08 Å².